The van der Waals surface area contributed by atoms with Crippen molar-refractivity contribution in [2.24, 2.45) is 5.73 Å². The molecule has 2 aromatic rings. The molecule has 0 unspecified atom stereocenters. The van der Waals surface area contributed by atoms with Crippen LogP contribution in [-0.2, 0) is 13.2 Å². The summed E-state index contributed by atoms with van der Waals surface area (Å²) in [4.78, 5) is 0. The highest BCUT2D eigenvalue weighted by atomic mass is 35.5. The molecule has 0 aliphatic heterocycles. The van der Waals surface area contributed by atoms with E-state index in [9.17, 15) is 0 Å². The molecule has 1 aromatic carbocycles. The van der Waals surface area contributed by atoms with Crippen molar-refractivity contribution in [3.8, 4) is 11.5 Å². The van der Waals surface area contributed by atoms with Crippen LogP contribution >= 0.6 is 11.6 Å². The molecule has 0 aliphatic rings. The molecule has 6 heteroatoms. The minimum absolute atomic E-state index is 0.256. The maximum atomic E-state index is 5.98. The Balaban J connectivity index is 2.23. The van der Waals surface area contributed by atoms with Crippen LogP contribution in [0.4, 0.5) is 0 Å². The predicted molar refractivity (Wildman–Crippen MR) is 71.5 cm³/mol. The zero-order valence-corrected chi connectivity index (χ0v) is 11.5. The molecule has 0 bridgehead atoms. The van der Waals surface area contributed by atoms with Gasteiger partial charge in [0, 0.05) is 29.3 Å². The molecule has 2 N–H and O–H groups in total. The molecule has 1 heterocycles. The highest BCUT2D eigenvalue weighted by Gasteiger charge is 2.13. The van der Waals surface area contributed by atoms with E-state index in [1.165, 1.54) is 0 Å². The number of halogens is 1. The van der Waals surface area contributed by atoms with Gasteiger partial charge in [-0.05, 0) is 13.0 Å². The second-order valence-electron chi connectivity index (χ2n) is 4.02. The van der Waals surface area contributed by atoms with Crippen LogP contribution in [0.3, 0.4) is 0 Å². The summed E-state index contributed by atoms with van der Waals surface area (Å²) in [6, 6.07) is 5.25. The molecule has 0 saturated heterocycles. The Morgan fingerprint density at radius 2 is 2.16 bits per heavy atom. The molecule has 0 saturated carbocycles. The van der Waals surface area contributed by atoms with Gasteiger partial charge in [-0.1, -0.05) is 16.8 Å². The highest BCUT2D eigenvalue weighted by Crippen LogP contribution is 2.35. The van der Waals surface area contributed by atoms with Gasteiger partial charge in [0.15, 0.2) is 17.3 Å². The number of methoxy groups -OCH3 is 1. The predicted octanol–water partition coefficient (Wildman–Crippen LogP) is 2.68. The number of hydrogen-bond acceptors (Lipinski definition) is 5. The standard InChI is InChI=1S/C13H15ClN2O3/c1-8-3-11(19-16-8)7-18-13-9(6-15)4-10(14)5-12(13)17-2/h3-5H,6-7,15H2,1-2H3. The summed E-state index contributed by atoms with van der Waals surface area (Å²) in [6.45, 7) is 2.41. The van der Waals surface area contributed by atoms with Gasteiger partial charge in [0.25, 0.3) is 0 Å². The van der Waals surface area contributed by atoms with Crippen molar-refractivity contribution in [1.29, 1.82) is 0 Å². The third kappa shape index (κ3) is 3.19. The highest BCUT2D eigenvalue weighted by molar-refractivity contribution is 6.30. The molecule has 102 valence electrons. The third-order valence-corrected chi connectivity index (χ3v) is 2.79. The van der Waals surface area contributed by atoms with Crippen LogP contribution in [0.1, 0.15) is 17.0 Å². The number of aromatic nitrogens is 1. The van der Waals surface area contributed by atoms with Crippen molar-refractivity contribution in [2.45, 2.75) is 20.1 Å². The van der Waals surface area contributed by atoms with Gasteiger partial charge in [0.05, 0.1) is 12.8 Å². The summed E-state index contributed by atoms with van der Waals surface area (Å²) in [6.07, 6.45) is 0. The first-order valence-electron chi connectivity index (χ1n) is 5.75. The van der Waals surface area contributed by atoms with E-state index >= 15 is 0 Å². The largest absolute Gasteiger partial charge is 0.493 e. The van der Waals surface area contributed by atoms with Crippen molar-refractivity contribution in [1.82, 2.24) is 5.16 Å². The lowest BCUT2D eigenvalue weighted by atomic mass is 10.2. The van der Waals surface area contributed by atoms with E-state index in [-0.39, 0.29) is 6.61 Å². The summed E-state index contributed by atoms with van der Waals surface area (Å²) in [5.74, 6) is 1.75. The summed E-state index contributed by atoms with van der Waals surface area (Å²) < 4.78 is 16.0. The van der Waals surface area contributed by atoms with Crippen LogP contribution in [0.2, 0.25) is 5.02 Å². The van der Waals surface area contributed by atoms with E-state index in [0.29, 0.717) is 28.8 Å². The lowest BCUT2D eigenvalue weighted by Gasteiger charge is -2.14. The van der Waals surface area contributed by atoms with Crippen molar-refractivity contribution in [3.05, 3.63) is 40.2 Å². The fraction of sp³-hybridized carbons (Fsp3) is 0.308. The Hall–Kier alpha value is -1.72. The van der Waals surface area contributed by atoms with Crippen molar-refractivity contribution in [3.63, 3.8) is 0 Å². The lowest BCUT2D eigenvalue weighted by molar-refractivity contribution is 0.237. The van der Waals surface area contributed by atoms with Crippen LogP contribution in [0.5, 0.6) is 11.5 Å². The number of benzene rings is 1. The molecule has 19 heavy (non-hydrogen) atoms. The van der Waals surface area contributed by atoms with Crippen LogP contribution in [0.15, 0.2) is 22.7 Å². The van der Waals surface area contributed by atoms with Gasteiger partial charge in [-0.25, -0.2) is 0 Å². The smallest absolute Gasteiger partial charge is 0.174 e. The van der Waals surface area contributed by atoms with E-state index in [2.05, 4.69) is 5.16 Å². The fourth-order valence-electron chi connectivity index (χ4n) is 1.72. The molecule has 0 atom stereocenters. The Kier molecular flexibility index (Phi) is 4.29. The first-order chi connectivity index (χ1) is 9.13. The molecule has 5 nitrogen and oxygen atoms in total. The van der Waals surface area contributed by atoms with Crippen LogP contribution in [0, 0.1) is 6.92 Å². The van der Waals surface area contributed by atoms with Gasteiger partial charge >= 0.3 is 0 Å². The molecular weight excluding hydrogens is 268 g/mol. The van der Waals surface area contributed by atoms with Crippen LogP contribution < -0.4 is 15.2 Å². The maximum absolute atomic E-state index is 5.98. The summed E-state index contributed by atoms with van der Waals surface area (Å²) in [5.41, 5.74) is 7.27. The summed E-state index contributed by atoms with van der Waals surface area (Å²) in [5, 5.41) is 4.35. The lowest BCUT2D eigenvalue weighted by Crippen LogP contribution is -2.04. The molecular formula is C13H15ClN2O3. The zero-order valence-electron chi connectivity index (χ0n) is 10.8. The van der Waals surface area contributed by atoms with Crippen molar-refractivity contribution >= 4 is 11.6 Å². The zero-order chi connectivity index (χ0) is 13.8. The topological polar surface area (TPSA) is 70.5 Å². The van der Waals surface area contributed by atoms with E-state index in [4.69, 9.17) is 31.3 Å². The van der Waals surface area contributed by atoms with E-state index in [0.717, 1.165) is 11.3 Å². The van der Waals surface area contributed by atoms with Gasteiger partial charge in [-0.3, -0.25) is 0 Å². The van der Waals surface area contributed by atoms with Gasteiger partial charge in [0.1, 0.15) is 6.61 Å². The SMILES string of the molecule is COc1cc(Cl)cc(CN)c1OCc1cc(C)no1. The molecule has 0 aliphatic carbocycles. The number of aryl methyl sites for hydroxylation is 1. The number of nitrogens with zero attached hydrogens (tertiary/aromatic N) is 1. The van der Waals surface area contributed by atoms with Gasteiger partial charge in [0.2, 0.25) is 0 Å². The minimum Gasteiger partial charge on any atom is -0.493 e. The molecule has 0 amide bonds. The van der Waals surface area contributed by atoms with Crippen LogP contribution in [0.25, 0.3) is 0 Å². The minimum atomic E-state index is 0.256. The molecule has 0 spiro atoms. The number of ether oxygens (including phenoxy) is 2. The second kappa shape index (κ2) is 5.95. The number of hydrogen-bond donors (Lipinski definition) is 1. The van der Waals surface area contributed by atoms with Gasteiger partial charge in [-0.15, -0.1) is 0 Å². The number of nitrogens with two attached hydrogens (primary N) is 1. The van der Waals surface area contributed by atoms with Crippen molar-refractivity contribution in [2.75, 3.05) is 7.11 Å². The Bertz CT molecular complexity index is 544. The molecule has 0 fully saturated rings. The van der Waals surface area contributed by atoms with E-state index in [1.807, 2.05) is 13.0 Å². The average Bonchev–Trinajstić information content (AvgIpc) is 2.81. The summed E-state index contributed by atoms with van der Waals surface area (Å²) >= 11 is 5.98. The van der Waals surface area contributed by atoms with E-state index < -0.39 is 0 Å². The Labute approximate surface area is 116 Å². The second-order valence-corrected chi connectivity index (χ2v) is 4.46. The first-order valence-corrected chi connectivity index (χ1v) is 6.13. The Morgan fingerprint density at radius 1 is 1.37 bits per heavy atom. The number of rotatable bonds is 5. The monoisotopic (exact) mass is 282 g/mol. The molecule has 0 radical (unpaired) electrons. The normalized spacial score (nSPS) is 10.5. The van der Waals surface area contributed by atoms with Gasteiger partial charge in [-0.2, -0.15) is 0 Å². The van der Waals surface area contributed by atoms with Crippen molar-refractivity contribution < 1.29 is 14.0 Å². The average molecular weight is 283 g/mol. The van der Waals surface area contributed by atoms with E-state index in [1.54, 1.807) is 19.2 Å². The molecule has 2 rings (SSSR count). The fourth-order valence-corrected chi connectivity index (χ4v) is 1.95. The van der Waals surface area contributed by atoms with Gasteiger partial charge < -0.3 is 19.7 Å². The van der Waals surface area contributed by atoms with Crippen LogP contribution in [-0.4, -0.2) is 12.3 Å². The molecule has 1 aromatic heterocycles. The first kappa shape index (κ1) is 13.7. The summed E-state index contributed by atoms with van der Waals surface area (Å²) in [7, 11) is 1.55. The quantitative estimate of drug-likeness (QED) is 0.913. The third-order valence-electron chi connectivity index (χ3n) is 2.57. The Morgan fingerprint density at radius 3 is 2.74 bits per heavy atom. The maximum Gasteiger partial charge on any atom is 0.174 e.